The molecule has 3 aromatic carbocycles. The lowest BCUT2D eigenvalue weighted by Crippen LogP contribution is -2.39. The molecule has 0 unspecified atom stereocenters. The Kier molecular flexibility index (Phi) is 9.64. The first-order valence-electron chi connectivity index (χ1n) is 14.9. The normalized spacial score (nSPS) is 16.9. The molecule has 1 fully saturated rings. The smallest absolute Gasteiger partial charge is 0.327 e. The standard InChI is InChI=1S/C34H32Cl2N4O7S/c1-34(2,3)47-32(41)19-40(48(42,43)28-15-24(35)14-25(36)16-28)26-9-10-29-23(13-26)11-12-39(29)30-17-38-31(18-37-30)46-27-20-44-33(45-21-27)22-7-5-4-6-8-22/h4-18,27,33H,19-21H2,1-3H3. The summed E-state index contributed by atoms with van der Waals surface area (Å²) in [5.74, 6) is 0.103. The van der Waals surface area contributed by atoms with Gasteiger partial charge in [0.15, 0.2) is 12.1 Å². The zero-order valence-electron chi connectivity index (χ0n) is 26.2. The molecule has 1 aliphatic rings. The fourth-order valence-corrected chi connectivity index (χ4v) is 7.25. The maximum atomic E-state index is 13.9. The van der Waals surface area contributed by atoms with Crippen molar-refractivity contribution in [3.8, 4) is 11.7 Å². The Morgan fingerprint density at radius 1 is 0.958 bits per heavy atom. The van der Waals surface area contributed by atoms with Crippen molar-refractivity contribution in [1.82, 2.24) is 14.5 Å². The van der Waals surface area contributed by atoms with Gasteiger partial charge in [-0.25, -0.2) is 18.4 Å². The quantitative estimate of drug-likeness (QED) is 0.153. The molecule has 0 spiro atoms. The van der Waals surface area contributed by atoms with E-state index < -0.39 is 34.4 Å². The van der Waals surface area contributed by atoms with Crippen LogP contribution in [0.25, 0.3) is 16.7 Å². The molecule has 0 atom stereocenters. The molecule has 11 nitrogen and oxygen atoms in total. The largest absolute Gasteiger partial charge is 0.468 e. The maximum Gasteiger partial charge on any atom is 0.327 e. The molecular formula is C34H32Cl2N4O7S. The van der Waals surface area contributed by atoms with E-state index in [1.807, 2.05) is 30.3 Å². The molecule has 3 heterocycles. The molecule has 14 heteroatoms. The Morgan fingerprint density at radius 2 is 1.67 bits per heavy atom. The minimum atomic E-state index is -4.30. The van der Waals surface area contributed by atoms with Gasteiger partial charge in [-0.2, -0.15) is 0 Å². The van der Waals surface area contributed by atoms with Crippen LogP contribution in [0.3, 0.4) is 0 Å². The molecule has 0 aliphatic carbocycles. The summed E-state index contributed by atoms with van der Waals surface area (Å²) in [5.41, 5.74) is 1.08. The third-order valence-electron chi connectivity index (χ3n) is 7.17. The van der Waals surface area contributed by atoms with Crippen molar-refractivity contribution in [1.29, 1.82) is 0 Å². The summed E-state index contributed by atoms with van der Waals surface area (Å²) in [6, 6.07) is 20.5. The highest BCUT2D eigenvalue weighted by molar-refractivity contribution is 7.92. The molecule has 0 radical (unpaired) electrons. The Morgan fingerprint density at radius 3 is 2.31 bits per heavy atom. The predicted molar refractivity (Wildman–Crippen MR) is 181 cm³/mol. The third kappa shape index (κ3) is 7.74. The van der Waals surface area contributed by atoms with E-state index in [-0.39, 0.29) is 26.7 Å². The number of nitrogens with zero attached hydrogens (tertiary/aromatic N) is 4. The highest BCUT2D eigenvalue weighted by Gasteiger charge is 2.31. The van der Waals surface area contributed by atoms with E-state index in [2.05, 4.69) is 9.97 Å². The van der Waals surface area contributed by atoms with E-state index in [0.717, 1.165) is 15.4 Å². The van der Waals surface area contributed by atoms with Gasteiger partial charge in [0.2, 0.25) is 5.88 Å². The van der Waals surface area contributed by atoms with Crippen molar-refractivity contribution < 1.29 is 32.2 Å². The Bertz CT molecular complexity index is 2010. The predicted octanol–water partition coefficient (Wildman–Crippen LogP) is 6.76. The number of hydrogen-bond acceptors (Lipinski definition) is 9. The van der Waals surface area contributed by atoms with Crippen LogP contribution in [-0.2, 0) is 29.0 Å². The SMILES string of the molecule is CC(C)(C)OC(=O)CN(c1ccc2c(ccn2-c2cnc(OC3COC(c4ccccc4)OC3)cn2)c1)S(=O)(=O)c1cc(Cl)cc(Cl)c1. The Labute approximate surface area is 288 Å². The fourth-order valence-electron chi connectivity index (χ4n) is 5.12. The van der Waals surface area contributed by atoms with E-state index >= 15 is 0 Å². The van der Waals surface area contributed by atoms with Gasteiger partial charge >= 0.3 is 5.97 Å². The van der Waals surface area contributed by atoms with Crippen LogP contribution in [0.5, 0.6) is 5.88 Å². The summed E-state index contributed by atoms with van der Waals surface area (Å²) in [4.78, 5) is 21.7. The number of aromatic nitrogens is 3. The van der Waals surface area contributed by atoms with Gasteiger partial charge in [-0.1, -0.05) is 53.5 Å². The minimum Gasteiger partial charge on any atom is -0.468 e. The van der Waals surface area contributed by atoms with Crippen molar-refractivity contribution in [3.05, 3.63) is 107 Å². The number of benzene rings is 3. The average molecular weight is 712 g/mol. The lowest BCUT2D eigenvalue weighted by Gasteiger charge is -2.29. The second-order valence-electron chi connectivity index (χ2n) is 12.0. The second-order valence-corrected chi connectivity index (χ2v) is 14.7. The van der Waals surface area contributed by atoms with Gasteiger partial charge in [-0.3, -0.25) is 13.7 Å². The summed E-state index contributed by atoms with van der Waals surface area (Å²) in [7, 11) is -4.30. The maximum absolute atomic E-state index is 13.9. The van der Waals surface area contributed by atoms with Crippen LogP contribution < -0.4 is 9.04 Å². The molecule has 0 amide bonds. The number of carbonyl (C=O) groups excluding carboxylic acids is 1. The van der Waals surface area contributed by atoms with Gasteiger partial charge in [0.25, 0.3) is 10.0 Å². The van der Waals surface area contributed by atoms with Crippen molar-refractivity contribution in [2.45, 2.75) is 43.7 Å². The van der Waals surface area contributed by atoms with Gasteiger partial charge in [-0.15, -0.1) is 0 Å². The molecule has 250 valence electrons. The second kappa shape index (κ2) is 13.7. The molecule has 0 bridgehead atoms. The summed E-state index contributed by atoms with van der Waals surface area (Å²) in [5, 5.41) is 0.966. The molecular weight excluding hydrogens is 679 g/mol. The minimum absolute atomic E-state index is 0.139. The molecule has 6 rings (SSSR count). The van der Waals surface area contributed by atoms with E-state index in [1.54, 1.807) is 62.0 Å². The fraction of sp³-hybridized carbons (Fsp3) is 0.265. The number of sulfonamides is 1. The molecule has 2 aromatic heterocycles. The van der Waals surface area contributed by atoms with Crippen LogP contribution >= 0.6 is 23.2 Å². The van der Waals surface area contributed by atoms with Gasteiger partial charge in [-0.05, 0) is 63.2 Å². The molecule has 1 aliphatic heterocycles. The van der Waals surface area contributed by atoms with E-state index in [1.165, 1.54) is 24.4 Å². The monoisotopic (exact) mass is 710 g/mol. The number of halogens is 2. The van der Waals surface area contributed by atoms with E-state index in [4.69, 9.17) is 42.1 Å². The van der Waals surface area contributed by atoms with Crippen LogP contribution in [0.15, 0.2) is 96.3 Å². The number of anilines is 1. The highest BCUT2D eigenvalue weighted by atomic mass is 35.5. The number of ether oxygens (including phenoxy) is 4. The first-order chi connectivity index (χ1) is 22.9. The van der Waals surface area contributed by atoms with Crippen LogP contribution in [0.4, 0.5) is 5.69 Å². The highest BCUT2D eigenvalue weighted by Crippen LogP contribution is 2.32. The number of carbonyl (C=O) groups is 1. The molecule has 0 N–H and O–H groups in total. The Balaban J connectivity index is 1.21. The van der Waals surface area contributed by atoms with Crippen LogP contribution in [0.2, 0.25) is 10.0 Å². The first-order valence-corrected chi connectivity index (χ1v) is 17.1. The zero-order chi connectivity index (χ0) is 34.1. The number of rotatable bonds is 9. The average Bonchev–Trinajstić information content (AvgIpc) is 3.47. The lowest BCUT2D eigenvalue weighted by atomic mass is 10.2. The van der Waals surface area contributed by atoms with Gasteiger partial charge < -0.3 is 18.9 Å². The summed E-state index contributed by atoms with van der Waals surface area (Å²) >= 11 is 12.3. The van der Waals surface area contributed by atoms with Crippen molar-refractivity contribution >= 4 is 55.8 Å². The molecule has 5 aromatic rings. The molecule has 0 saturated carbocycles. The first kappa shape index (κ1) is 33.7. The third-order valence-corrected chi connectivity index (χ3v) is 9.35. The van der Waals surface area contributed by atoms with Crippen LogP contribution in [0.1, 0.15) is 32.6 Å². The number of hydrogen-bond donors (Lipinski definition) is 0. The summed E-state index contributed by atoms with van der Waals surface area (Å²) in [6.07, 6.45) is 4.09. The van der Waals surface area contributed by atoms with Gasteiger partial charge in [0.1, 0.15) is 18.2 Å². The van der Waals surface area contributed by atoms with Crippen molar-refractivity contribution in [2.24, 2.45) is 0 Å². The molecule has 48 heavy (non-hydrogen) atoms. The lowest BCUT2D eigenvalue weighted by molar-refractivity contribution is -0.216. The van der Waals surface area contributed by atoms with Gasteiger partial charge in [0.05, 0.1) is 41.7 Å². The van der Waals surface area contributed by atoms with Crippen LogP contribution in [-0.4, -0.2) is 60.4 Å². The zero-order valence-corrected chi connectivity index (χ0v) is 28.6. The van der Waals surface area contributed by atoms with Crippen molar-refractivity contribution in [2.75, 3.05) is 24.1 Å². The Hall–Kier alpha value is -4.20. The van der Waals surface area contributed by atoms with E-state index in [0.29, 0.717) is 30.3 Å². The number of esters is 1. The van der Waals surface area contributed by atoms with E-state index in [9.17, 15) is 13.2 Å². The van der Waals surface area contributed by atoms with Crippen LogP contribution in [0, 0.1) is 0 Å². The van der Waals surface area contributed by atoms with Crippen molar-refractivity contribution in [3.63, 3.8) is 0 Å². The van der Waals surface area contributed by atoms with Gasteiger partial charge in [0, 0.05) is 27.2 Å². The summed E-state index contributed by atoms with van der Waals surface area (Å²) in [6.45, 7) is 5.20. The topological polar surface area (TPSA) is 122 Å². The number of fused-ring (bicyclic) bond motifs is 1. The molecule has 1 saturated heterocycles. The summed E-state index contributed by atoms with van der Waals surface area (Å²) < 4.78 is 53.6.